The van der Waals surface area contributed by atoms with E-state index in [-0.39, 0.29) is 0 Å². The first-order valence-corrected chi connectivity index (χ1v) is 5.83. The lowest BCUT2D eigenvalue weighted by molar-refractivity contribution is -0.128. The van der Waals surface area contributed by atoms with Gasteiger partial charge in [-0.05, 0) is 12.8 Å². The van der Waals surface area contributed by atoms with E-state index in [0.29, 0.717) is 24.4 Å². The fourth-order valence-corrected chi connectivity index (χ4v) is 2.24. The molecule has 1 aromatic heterocycles. The Balaban J connectivity index is 1.51. The molecule has 16 heavy (non-hydrogen) atoms. The third kappa shape index (κ3) is 1.95. The quantitative estimate of drug-likeness (QED) is 0.765. The van der Waals surface area contributed by atoms with Gasteiger partial charge in [-0.2, -0.15) is 0 Å². The molecule has 1 aromatic rings. The average Bonchev–Trinajstić information content (AvgIpc) is 2.85. The molecule has 2 fully saturated rings. The standard InChI is InChI=1S/C11H16N4O/c16-11-3-8(6-15(11)10-1-2-10)13-5-9-4-12-7-14-9/h4,7-8,10,13H,1-3,5-6H2,(H,12,14). The molecule has 2 N–H and O–H groups in total. The van der Waals surface area contributed by atoms with Crippen LogP contribution in [0.15, 0.2) is 12.5 Å². The number of rotatable bonds is 4. The summed E-state index contributed by atoms with van der Waals surface area (Å²) in [7, 11) is 0. The number of nitrogens with one attached hydrogen (secondary N) is 2. The van der Waals surface area contributed by atoms with Crippen LogP contribution in [0.4, 0.5) is 0 Å². The molecule has 86 valence electrons. The number of nitrogens with zero attached hydrogens (tertiary/aromatic N) is 2. The lowest BCUT2D eigenvalue weighted by Crippen LogP contribution is -2.33. The van der Waals surface area contributed by atoms with Gasteiger partial charge in [-0.1, -0.05) is 0 Å². The second-order valence-corrected chi connectivity index (χ2v) is 4.64. The SMILES string of the molecule is O=C1CC(NCc2cnc[nH]2)CN1C1CC1. The predicted octanol–water partition coefficient (Wildman–Crippen LogP) is 0.263. The molecule has 1 saturated carbocycles. The largest absolute Gasteiger partial charge is 0.347 e. The van der Waals surface area contributed by atoms with Crippen molar-refractivity contribution in [1.82, 2.24) is 20.2 Å². The first kappa shape index (κ1) is 9.84. The minimum atomic E-state index is 0.302. The highest BCUT2D eigenvalue weighted by Crippen LogP contribution is 2.30. The van der Waals surface area contributed by atoms with Crippen LogP contribution in [0.3, 0.4) is 0 Å². The van der Waals surface area contributed by atoms with E-state index < -0.39 is 0 Å². The Bertz CT molecular complexity index is 371. The van der Waals surface area contributed by atoms with E-state index in [4.69, 9.17) is 0 Å². The summed E-state index contributed by atoms with van der Waals surface area (Å²) in [4.78, 5) is 20.7. The number of aromatic nitrogens is 2. The highest BCUT2D eigenvalue weighted by atomic mass is 16.2. The molecule has 0 radical (unpaired) electrons. The van der Waals surface area contributed by atoms with Crippen molar-refractivity contribution in [2.45, 2.75) is 37.9 Å². The molecule has 5 nitrogen and oxygen atoms in total. The zero-order valence-electron chi connectivity index (χ0n) is 9.15. The molecule has 3 rings (SSSR count). The van der Waals surface area contributed by atoms with Crippen LogP contribution >= 0.6 is 0 Å². The maximum Gasteiger partial charge on any atom is 0.224 e. The van der Waals surface area contributed by atoms with Crippen LogP contribution in [-0.2, 0) is 11.3 Å². The van der Waals surface area contributed by atoms with Crippen LogP contribution in [0.25, 0.3) is 0 Å². The number of aromatic amines is 1. The summed E-state index contributed by atoms with van der Waals surface area (Å²) in [5.41, 5.74) is 1.07. The topological polar surface area (TPSA) is 61.0 Å². The normalized spacial score (nSPS) is 25.4. The molecule has 1 amide bonds. The molecule has 2 heterocycles. The number of H-pyrrole nitrogens is 1. The maximum absolute atomic E-state index is 11.7. The van der Waals surface area contributed by atoms with Crippen LogP contribution in [-0.4, -0.2) is 39.4 Å². The summed E-state index contributed by atoms with van der Waals surface area (Å²) in [6.45, 7) is 1.63. The number of imidazole rings is 1. The van der Waals surface area contributed by atoms with Crippen molar-refractivity contribution >= 4 is 5.91 Å². The third-order valence-electron chi connectivity index (χ3n) is 3.28. The molecule has 2 aliphatic rings. The van der Waals surface area contributed by atoms with Crippen LogP contribution in [0.2, 0.25) is 0 Å². The van der Waals surface area contributed by atoms with Crippen LogP contribution in [0, 0.1) is 0 Å². The number of hydrogen-bond donors (Lipinski definition) is 2. The summed E-state index contributed by atoms with van der Waals surface area (Å²) in [6, 6.07) is 0.850. The average molecular weight is 220 g/mol. The second kappa shape index (κ2) is 3.90. The van der Waals surface area contributed by atoms with E-state index in [2.05, 4.69) is 15.3 Å². The maximum atomic E-state index is 11.7. The Kier molecular flexibility index (Phi) is 2.40. The van der Waals surface area contributed by atoms with Crippen LogP contribution in [0.5, 0.6) is 0 Å². The highest BCUT2D eigenvalue weighted by Gasteiger charge is 2.38. The van der Waals surface area contributed by atoms with E-state index >= 15 is 0 Å². The molecule has 1 aliphatic carbocycles. The summed E-state index contributed by atoms with van der Waals surface area (Å²) >= 11 is 0. The van der Waals surface area contributed by atoms with E-state index in [1.54, 1.807) is 6.33 Å². The van der Waals surface area contributed by atoms with Crippen molar-refractivity contribution in [3.8, 4) is 0 Å². The van der Waals surface area contributed by atoms with Gasteiger partial charge in [-0.25, -0.2) is 4.98 Å². The Morgan fingerprint density at radius 2 is 2.44 bits per heavy atom. The zero-order valence-corrected chi connectivity index (χ0v) is 9.15. The second-order valence-electron chi connectivity index (χ2n) is 4.64. The van der Waals surface area contributed by atoms with Gasteiger partial charge in [0.1, 0.15) is 0 Å². The van der Waals surface area contributed by atoms with Gasteiger partial charge in [-0.3, -0.25) is 4.79 Å². The number of amides is 1. The smallest absolute Gasteiger partial charge is 0.224 e. The van der Waals surface area contributed by atoms with Gasteiger partial charge >= 0.3 is 0 Å². The van der Waals surface area contributed by atoms with E-state index in [0.717, 1.165) is 18.8 Å². The lowest BCUT2D eigenvalue weighted by atomic mass is 10.2. The van der Waals surface area contributed by atoms with Gasteiger partial charge in [0.05, 0.1) is 6.33 Å². The third-order valence-corrected chi connectivity index (χ3v) is 3.28. The van der Waals surface area contributed by atoms with Gasteiger partial charge < -0.3 is 15.2 Å². The van der Waals surface area contributed by atoms with Crippen molar-refractivity contribution in [3.63, 3.8) is 0 Å². The Labute approximate surface area is 94.2 Å². The van der Waals surface area contributed by atoms with Crippen molar-refractivity contribution in [3.05, 3.63) is 18.2 Å². The Hall–Kier alpha value is -1.36. The van der Waals surface area contributed by atoms with E-state index in [9.17, 15) is 4.79 Å². The van der Waals surface area contributed by atoms with Crippen LogP contribution in [0.1, 0.15) is 25.0 Å². The van der Waals surface area contributed by atoms with Crippen molar-refractivity contribution in [2.75, 3.05) is 6.54 Å². The van der Waals surface area contributed by atoms with Gasteiger partial charge in [0.15, 0.2) is 0 Å². The molecule has 1 aliphatic heterocycles. The molecular weight excluding hydrogens is 204 g/mol. The number of likely N-dealkylation sites (tertiary alicyclic amines) is 1. The van der Waals surface area contributed by atoms with Gasteiger partial charge in [0.25, 0.3) is 0 Å². The summed E-state index contributed by atoms with van der Waals surface area (Å²) in [5, 5.41) is 3.39. The Morgan fingerprint density at radius 1 is 1.56 bits per heavy atom. The first-order chi connectivity index (χ1) is 7.83. The lowest BCUT2D eigenvalue weighted by Gasteiger charge is -2.15. The van der Waals surface area contributed by atoms with Gasteiger partial charge in [-0.15, -0.1) is 0 Å². The molecule has 1 saturated heterocycles. The highest BCUT2D eigenvalue weighted by molar-refractivity contribution is 5.80. The monoisotopic (exact) mass is 220 g/mol. The molecule has 0 spiro atoms. The fourth-order valence-electron chi connectivity index (χ4n) is 2.24. The fraction of sp³-hybridized carbons (Fsp3) is 0.636. The predicted molar refractivity (Wildman–Crippen MR) is 58.6 cm³/mol. The molecule has 5 heteroatoms. The Morgan fingerprint density at radius 3 is 3.12 bits per heavy atom. The zero-order chi connectivity index (χ0) is 11.0. The number of hydrogen-bond acceptors (Lipinski definition) is 3. The summed E-state index contributed by atoms with van der Waals surface area (Å²) in [6.07, 6.45) is 6.51. The van der Waals surface area contributed by atoms with Gasteiger partial charge in [0.2, 0.25) is 5.91 Å². The molecule has 1 unspecified atom stereocenters. The first-order valence-electron chi connectivity index (χ1n) is 5.83. The minimum Gasteiger partial charge on any atom is -0.347 e. The van der Waals surface area contributed by atoms with Crippen molar-refractivity contribution in [1.29, 1.82) is 0 Å². The molecule has 0 aromatic carbocycles. The minimum absolute atomic E-state index is 0.302. The van der Waals surface area contributed by atoms with Gasteiger partial charge in [0, 0.05) is 43.5 Å². The molecule has 0 bridgehead atoms. The number of carbonyl (C=O) groups is 1. The molecule has 1 atom stereocenters. The summed E-state index contributed by atoms with van der Waals surface area (Å²) < 4.78 is 0. The molecular formula is C11H16N4O. The number of carbonyl (C=O) groups excluding carboxylic acids is 1. The van der Waals surface area contributed by atoms with Crippen molar-refractivity contribution < 1.29 is 4.79 Å². The van der Waals surface area contributed by atoms with E-state index in [1.807, 2.05) is 11.1 Å². The van der Waals surface area contributed by atoms with Crippen LogP contribution < -0.4 is 5.32 Å². The van der Waals surface area contributed by atoms with E-state index in [1.165, 1.54) is 12.8 Å². The van der Waals surface area contributed by atoms with Crippen molar-refractivity contribution in [2.24, 2.45) is 0 Å². The summed E-state index contributed by atoms with van der Waals surface area (Å²) in [5.74, 6) is 0.310.